The average Bonchev–Trinajstić information content (AvgIpc) is 2.50. The molecule has 110 valence electrons. The molecule has 0 aliphatic rings. The van der Waals surface area contributed by atoms with Crippen LogP contribution in [0, 0.1) is 5.41 Å². The van der Waals surface area contributed by atoms with Gasteiger partial charge in [0, 0.05) is 0 Å². The van der Waals surface area contributed by atoms with Gasteiger partial charge in [-0.3, -0.25) is 9.59 Å². The second kappa shape index (κ2) is 7.68. The monoisotopic (exact) mass is 278 g/mol. The van der Waals surface area contributed by atoms with E-state index in [0.717, 1.165) is 18.4 Å². The van der Waals surface area contributed by atoms with Gasteiger partial charge in [-0.2, -0.15) is 0 Å². The van der Waals surface area contributed by atoms with E-state index < -0.39 is 17.4 Å². The molecule has 0 aliphatic heterocycles. The second-order valence-corrected chi connectivity index (χ2v) is 4.83. The highest BCUT2D eigenvalue weighted by atomic mass is 16.5. The number of unbranched alkanes of at least 4 members (excludes halogenated alkanes) is 1. The number of carbonyl (C=O) groups excluding carboxylic acids is 2. The van der Waals surface area contributed by atoms with Crippen LogP contribution in [0.5, 0.6) is 0 Å². The summed E-state index contributed by atoms with van der Waals surface area (Å²) in [6.45, 7) is 2.02. The van der Waals surface area contributed by atoms with E-state index in [0.29, 0.717) is 12.8 Å². The summed E-state index contributed by atoms with van der Waals surface area (Å²) in [6, 6.07) is 9.45. The van der Waals surface area contributed by atoms with Gasteiger partial charge in [0.25, 0.3) is 0 Å². The topological polar surface area (TPSA) is 52.6 Å². The van der Waals surface area contributed by atoms with Crippen LogP contribution in [0.1, 0.15) is 31.7 Å². The Kier molecular flexibility index (Phi) is 6.22. The first kappa shape index (κ1) is 16.2. The maximum absolute atomic E-state index is 12.2. The highest BCUT2D eigenvalue weighted by molar-refractivity contribution is 6.00. The van der Waals surface area contributed by atoms with Crippen LogP contribution in [0.3, 0.4) is 0 Å². The molecule has 0 saturated carbocycles. The molecule has 0 spiro atoms. The van der Waals surface area contributed by atoms with Gasteiger partial charge in [0.15, 0.2) is 5.41 Å². The smallest absolute Gasteiger partial charge is 0.323 e. The maximum atomic E-state index is 12.2. The quantitative estimate of drug-likeness (QED) is 0.568. The van der Waals surface area contributed by atoms with Crippen molar-refractivity contribution < 1.29 is 19.1 Å². The molecule has 0 aliphatic carbocycles. The summed E-state index contributed by atoms with van der Waals surface area (Å²) in [5.74, 6) is -1.05. The normalized spacial score (nSPS) is 10.9. The number of esters is 2. The zero-order valence-corrected chi connectivity index (χ0v) is 12.3. The van der Waals surface area contributed by atoms with Gasteiger partial charge in [0.05, 0.1) is 14.2 Å². The summed E-state index contributed by atoms with van der Waals surface area (Å²) in [7, 11) is 2.61. The minimum atomic E-state index is -1.25. The fourth-order valence-electron chi connectivity index (χ4n) is 2.33. The Morgan fingerprint density at radius 1 is 1.05 bits per heavy atom. The number of rotatable bonds is 7. The predicted octanol–water partition coefficient (Wildman–Crippen LogP) is 2.75. The Balaban J connectivity index is 3.14. The molecule has 0 aromatic heterocycles. The van der Waals surface area contributed by atoms with E-state index in [-0.39, 0.29) is 0 Å². The van der Waals surface area contributed by atoms with Crippen LogP contribution in [0.2, 0.25) is 0 Å². The zero-order valence-electron chi connectivity index (χ0n) is 12.3. The number of benzene rings is 1. The van der Waals surface area contributed by atoms with Gasteiger partial charge in [-0.05, 0) is 18.4 Å². The maximum Gasteiger partial charge on any atom is 0.323 e. The molecule has 0 bridgehead atoms. The van der Waals surface area contributed by atoms with Gasteiger partial charge in [-0.25, -0.2) is 0 Å². The van der Waals surface area contributed by atoms with Crippen molar-refractivity contribution in [2.45, 2.75) is 32.6 Å². The summed E-state index contributed by atoms with van der Waals surface area (Å²) in [5.41, 5.74) is -0.333. The Hall–Kier alpha value is -1.84. The molecular weight excluding hydrogens is 256 g/mol. The van der Waals surface area contributed by atoms with Crippen molar-refractivity contribution >= 4 is 11.9 Å². The lowest BCUT2D eigenvalue weighted by Gasteiger charge is -2.28. The van der Waals surface area contributed by atoms with Gasteiger partial charge in [-0.15, -0.1) is 0 Å². The van der Waals surface area contributed by atoms with Gasteiger partial charge in [0.2, 0.25) is 0 Å². The number of hydrogen-bond donors (Lipinski definition) is 0. The van der Waals surface area contributed by atoms with Crippen LogP contribution in [0.15, 0.2) is 30.3 Å². The lowest BCUT2D eigenvalue weighted by molar-refractivity contribution is -0.169. The van der Waals surface area contributed by atoms with Crippen molar-refractivity contribution in [2.75, 3.05) is 14.2 Å². The Morgan fingerprint density at radius 3 is 2.05 bits per heavy atom. The number of ether oxygens (including phenoxy) is 2. The lowest BCUT2D eigenvalue weighted by Crippen LogP contribution is -2.43. The van der Waals surface area contributed by atoms with Crippen LogP contribution in [0.25, 0.3) is 0 Å². The molecule has 1 aromatic carbocycles. The third-order valence-electron chi connectivity index (χ3n) is 3.46. The number of methoxy groups -OCH3 is 2. The molecule has 0 heterocycles. The SMILES string of the molecule is CCCCC(Cc1ccccc1)(C(=O)OC)C(=O)OC. The molecule has 0 amide bonds. The van der Waals surface area contributed by atoms with Crippen LogP contribution < -0.4 is 0 Å². The van der Waals surface area contributed by atoms with Crippen molar-refractivity contribution in [3.05, 3.63) is 35.9 Å². The highest BCUT2D eigenvalue weighted by Crippen LogP contribution is 2.32. The molecule has 20 heavy (non-hydrogen) atoms. The Bertz CT molecular complexity index is 423. The van der Waals surface area contributed by atoms with E-state index in [2.05, 4.69) is 0 Å². The highest BCUT2D eigenvalue weighted by Gasteiger charge is 2.47. The third-order valence-corrected chi connectivity index (χ3v) is 3.46. The van der Waals surface area contributed by atoms with Gasteiger partial charge in [0.1, 0.15) is 0 Å². The minimum absolute atomic E-state index is 0.299. The molecule has 0 unspecified atom stereocenters. The summed E-state index contributed by atoms with van der Waals surface area (Å²) in [4.78, 5) is 24.4. The molecular formula is C16H22O4. The largest absolute Gasteiger partial charge is 0.468 e. The van der Waals surface area contributed by atoms with Crippen LogP contribution in [-0.4, -0.2) is 26.2 Å². The average molecular weight is 278 g/mol. The fourth-order valence-corrected chi connectivity index (χ4v) is 2.33. The molecule has 0 N–H and O–H groups in total. The fraction of sp³-hybridized carbons (Fsp3) is 0.500. The first-order chi connectivity index (χ1) is 9.60. The van der Waals surface area contributed by atoms with E-state index in [1.807, 2.05) is 37.3 Å². The summed E-state index contributed by atoms with van der Waals surface area (Å²) in [5, 5.41) is 0. The van der Waals surface area contributed by atoms with Crippen LogP contribution in [-0.2, 0) is 25.5 Å². The molecule has 0 radical (unpaired) electrons. The number of carbonyl (C=O) groups is 2. The van der Waals surface area contributed by atoms with Gasteiger partial charge >= 0.3 is 11.9 Å². The van der Waals surface area contributed by atoms with Crippen molar-refractivity contribution in [3.63, 3.8) is 0 Å². The standard InChI is InChI=1S/C16H22O4/c1-4-5-11-16(14(17)19-2,15(18)20-3)12-13-9-7-6-8-10-13/h6-10H,4-5,11-12H2,1-3H3. The molecule has 0 fully saturated rings. The van der Waals surface area contributed by atoms with E-state index >= 15 is 0 Å². The van der Waals surface area contributed by atoms with Gasteiger partial charge in [-0.1, -0.05) is 50.1 Å². The van der Waals surface area contributed by atoms with E-state index in [4.69, 9.17) is 9.47 Å². The molecule has 0 saturated heterocycles. The second-order valence-electron chi connectivity index (χ2n) is 4.83. The Labute approximate surface area is 120 Å². The molecule has 1 rings (SSSR count). The van der Waals surface area contributed by atoms with Crippen LogP contribution in [0.4, 0.5) is 0 Å². The molecule has 4 nitrogen and oxygen atoms in total. The van der Waals surface area contributed by atoms with E-state index in [1.165, 1.54) is 14.2 Å². The first-order valence-electron chi connectivity index (χ1n) is 6.81. The summed E-state index contributed by atoms with van der Waals surface area (Å²) in [6.07, 6.45) is 2.38. The first-order valence-corrected chi connectivity index (χ1v) is 6.81. The van der Waals surface area contributed by atoms with E-state index in [1.54, 1.807) is 0 Å². The summed E-state index contributed by atoms with van der Waals surface area (Å²) >= 11 is 0. The lowest BCUT2D eigenvalue weighted by atomic mass is 9.77. The van der Waals surface area contributed by atoms with E-state index in [9.17, 15) is 9.59 Å². The number of hydrogen-bond acceptors (Lipinski definition) is 4. The summed E-state index contributed by atoms with van der Waals surface area (Å²) < 4.78 is 9.74. The van der Waals surface area contributed by atoms with Crippen molar-refractivity contribution in [1.82, 2.24) is 0 Å². The third kappa shape index (κ3) is 3.59. The van der Waals surface area contributed by atoms with Crippen LogP contribution >= 0.6 is 0 Å². The van der Waals surface area contributed by atoms with Gasteiger partial charge < -0.3 is 9.47 Å². The molecule has 4 heteroatoms. The van der Waals surface area contributed by atoms with Crippen molar-refractivity contribution in [2.24, 2.45) is 5.41 Å². The van der Waals surface area contributed by atoms with Crippen molar-refractivity contribution in [3.8, 4) is 0 Å². The predicted molar refractivity (Wildman–Crippen MR) is 76.1 cm³/mol. The minimum Gasteiger partial charge on any atom is -0.468 e. The molecule has 1 aromatic rings. The molecule has 0 atom stereocenters. The van der Waals surface area contributed by atoms with Crippen molar-refractivity contribution in [1.29, 1.82) is 0 Å². The Morgan fingerprint density at radius 2 is 1.60 bits per heavy atom. The zero-order chi connectivity index (χ0) is 15.0.